The fraction of sp³-hybridized carbons (Fsp3) is 0.552. The lowest BCUT2D eigenvalue weighted by Gasteiger charge is -2.42. The zero-order valence-electron chi connectivity index (χ0n) is 22.2. The Morgan fingerprint density at radius 1 is 0.923 bits per heavy atom. The number of carbonyl (C=O) groups excluding carboxylic acids is 1. The summed E-state index contributed by atoms with van der Waals surface area (Å²) >= 11 is 6.01. The Morgan fingerprint density at radius 2 is 1.64 bits per heavy atom. The van der Waals surface area contributed by atoms with E-state index >= 15 is 0 Å². The van der Waals surface area contributed by atoms with E-state index in [0.717, 1.165) is 32.4 Å². The third-order valence-corrected chi connectivity index (χ3v) is 10.6. The number of hydrogen-bond acceptors (Lipinski definition) is 5. The third kappa shape index (κ3) is 6.59. The summed E-state index contributed by atoms with van der Waals surface area (Å²) in [5, 5.41) is 0.434. The van der Waals surface area contributed by atoms with Crippen LogP contribution >= 0.6 is 11.6 Å². The molecule has 10 heteroatoms. The van der Waals surface area contributed by atoms with Gasteiger partial charge in [-0.25, -0.2) is 17.6 Å². The Labute approximate surface area is 235 Å². The number of ether oxygens (including phenoxy) is 1. The van der Waals surface area contributed by atoms with Gasteiger partial charge >= 0.3 is 6.09 Å². The van der Waals surface area contributed by atoms with E-state index in [4.69, 9.17) is 16.3 Å². The van der Waals surface area contributed by atoms with Crippen LogP contribution in [0.25, 0.3) is 0 Å². The lowest BCUT2D eigenvalue weighted by atomic mass is 9.93. The second-order valence-corrected chi connectivity index (χ2v) is 13.1. The predicted molar refractivity (Wildman–Crippen MR) is 149 cm³/mol. The Balaban J connectivity index is 1.30. The maximum absolute atomic E-state index is 14.2. The topological polar surface area (TPSA) is 70.2 Å². The minimum atomic E-state index is -3.99. The summed E-state index contributed by atoms with van der Waals surface area (Å²) in [6.07, 6.45) is 7.07. The van der Waals surface area contributed by atoms with Crippen LogP contribution in [0.3, 0.4) is 0 Å². The number of carbonyl (C=O) groups is 1. The van der Waals surface area contributed by atoms with Gasteiger partial charge in [0.1, 0.15) is 12.4 Å². The van der Waals surface area contributed by atoms with Gasteiger partial charge in [0.25, 0.3) is 0 Å². The van der Waals surface area contributed by atoms with Crippen molar-refractivity contribution in [2.24, 2.45) is 0 Å². The highest BCUT2D eigenvalue weighted by molar-refractivity contribution is 7.89. The molecule has 3 aliphatic rings. The number of rotatable bonds is 6. The first-order chi connectivity index (χ1) is 18.8. The van der Waals surface area contributed by atoms with Crippen molar-refractivity contribution in [3.8, 4) is 0 Å². The van der Waals surface area contributed by atoms with Crippen molar-refractivity contribution in [3.63, 3.8) is 0 Å². The van der Waals surface area contributed by atoms with Crippen LogP contribution in [0, 0.1) is 5.82 Å². The van der Waals surface area contributed by atoms with Gasteiger partial charge in [0, 0.05) is 24.2 Å². The number of benzene rings is 2. The molecular weight excluding hydrogens is 541 g/mol. The van der Waals surface area contributed by atoms with Gasteiger partial charge in [-0.2, -0.15) is 4.31 Å². The van der Waals surface area contributed by atoms with Gasteiger partial charge in [-0.3, -0.25) is 0 Å². The Bertz CT molecular complexity index is 1230. The molecule has 3 saturated heterocycles. The molecule has 0 N–H and O–H groups in total. The van der Waals surface area contributed by atoms with E-state index in [2.05, 4.69) is 4.90 Å². The minimum absolute atomic E-state index is 0.0521. The molecule has 0 spiro atoms. The fourth-order valence-electron chi connectivity index (χ4n) is 6.29. The molecule has 39 heavy (non-hydrogen) atoms. The molecule has 0 bridgehead atoms. The first-order valence-electron chi connectivity index (χ1n) is 14.0. The van der Waals surface area contributed by atoms with Crippen LogP contribution in [0.5, 0.6) is 0 Å². The Morgan fingerprint density at radius 3 is 2.33 bits per heavy atom. The smallest absolute Gasteiger partial charge is 0.409 e. The molecule has 0 unspecified atom stereocenters. The van der Waals surface area contributed by atoms with Crippen molar-refractivity contribution >= 4 is 27.7 Å². The summed E-state index contributed by atoms with van der Waals surface area (Å²) in [5.74, 6) is -0.419. The lowest BCUT2D eigenvalue weighted by molar-refractivity contribution is 0.0449. The quantitative estimate of drug-likeness (QED) is 0.431. The van der Waals surface area contributed by atoms with Gasteiger partial charge in [-0.15, -0.1) is 0 Å². The van der Waals surface area contributed by atoms with E-state index in [9.17, 15) is 17.6 Å². The van der Waals surface area contributed by atoms with Crippen molar-refractivity contribution in [2.45, 2.75) is 74.4 Å². The highest BCUT2D eigenvalue weighted by Crippen LogP contribution is 2.39. The molecule has 2 aromatic rings. The molecular formula is C29H37ClFN3O4S. The number of hydrogen-bond donors (Lipinski definition) is 0. The fourth-order valence-corrected chi connectivity index (χ4v) is 8.26. The molecule has 0 radical (unpaired) electrons. The number of piperidine rings is 3. The zero-order valence-corrected chi connectivity index (χ0v) is 23.8. The maximum atomic E-state index is 14.2. The van der Waals surface area contributed by atoms with Gasteiger partial charge in [0.05, 0.1) is 17.0 Å². The molecule has 3 heterocycles. The van der Waals surface area contributed by atoms with Crippen molar-refractivity contribution < 1.29 is 22.3 Å². The number of nitrogens with zero attached hydrogens (tertiary/aromatic N) is 3. The number of halogens is 2. The Hall–Kier alpha value is -2.20. The maximum Gasteiger partial charge on any atom is 0.409 e. The van der Waals surface area contributed by atoms with E-state index in [1.54, 1.807) is 17.0 Å². The number of amides is 1. The second-order valence-electron chi connectivity index (χ2n) is 10.8. The minimum Gasteiger partial charge on any atom is -0.448 e. The van der Waals surface area contributed by atoms with E-state index in [0.29, 0.717) is 42.6 Å². The van der Waals surface area contributed by atoms with Gasteiger partial charge in [0.15, 0.2) is 0 Å². The molecule has 0 aromatic heterocycles. The molecule has 1 amide bonds. The molecule has 3 aliphatic heterocycles. The number of sulfonamides is 1. The molecule has 2 aromatic carbocycles. The van der Waals surface area contributed by atoms with Crippen LogP contribution in [0.1, 0.15) is 63.0 Å². The first-order valence-corrected chi connectivity index (χ1v) is 15.8. The van der Waals surface area contributed by atoms with Crippen molar-refractivity contribution in [2.75, 3.05) is 32.8 Å². The molecule has 0 aliphatic carbocycles. The van der Waals surface area contributed by atoms with E-state index in [-0.39, 0.29) is 11.5 Å². The van der Waals surface area contributed by atoms with Gasteiger partial charge in [-0.05, 0) is 100.0 Å². The van der Waals surface area contributed by atoms with Gasteiger partial charge in [-0.1, -0.05) is 30.2 Å². The van der Waals surface area contributed by atoms with E-state index in [1.165, 1.54) is 60.0 Å². The van der Waals surface area contributed by atoms with E-state index in [1.807, 2.05) is 0 Å². The summed E-state index contributed by atoms with van der Waals surface area (Å²) in [5.41, 5.74) is 0.586. The predicted octanol–water partition coefficient (Wildman–Crippen LogP) is 5.85. The summed E-state index contributed by atoms with van der Waals surface area (Å²) < 4.78 is 49.2. The second kappa shape index (κ2) is 12.5. The van der Waals surface area contributed by atoms with Crippen LogP contribution in [0.15, 0.2) is 53.4 Å². The highest BCUT2D eigenvalue weighted by Gasteiger charge is 2.41. The summed E-state index contributed by atoms with van der Waals surface area (Å²) in [7, 11) is -3.99. The SMILES string of the molecule is O=C(OC[C@H]1CCC[C@@H](c2cccc(F)c2)N1S(=O)(=O)c1ccc(Cl)cc1)N1CCC(N2CCCCC2)CC1. The summed E-state index contributed by atoms with van der Waals surface area (Å²) in [4.78, 5) is 17.4. The van der Waals surface area contributed by atoms with Gasteiger partial charge < -0.3 is 14.5 Å². The summed E-state index contributed by atoms with van der Waals surface area (Å²) in [6.45, 7) is 3.51. The van der Waals surface area contributed by atoms with Crippen LogP contribution in [-0.2, 0) is 14.8 Å². The monoisotopic (exact) mass is 577 g/mol. The highest BCUT2D eigenvalue weighted by atomic mass is 35.5. The zero-order chi connectivity index (χ0) is 27.4. The molecule has 5 rings (SSSR count). The molecule has 2 atom stereocenters. The van der Waals surface area contributed by atoms with Crippen LogP contribution in [0.4, 0.5) is 9.18 Å². The first kappa shape index (κ1) is 28.3. The largest absolute Gasteiger partial charge is 0.448 e. The number of likely N-dealkylation sites (tertiary alicyclic amines) is 2. The standard InChI is InChI=1S/C29H37ClFN3O4S/c30-23-10-12-27(13-11-23)39(36,37)34-26(8-5-9-28(34)22-6-4-7-24(31)20-22)21-38-29(35)33-18-14-25(15-19-33)32-16-2-1-3-17-32/h4,6-7,10-13,20,25-26,28H,1-3,5,8-9,14-19,21H2/t26-,28+/m1/s1. The molecule has 3 fully saturated rings. The van der Waals surface area contributed by atoms with Gasteiger partial charge in [0.2, 0.25) is 10.0 Å². The molecule has 7 nitrogen and oxygen atoms in total. The molecule has 0 saturated carbocycles. The van der Waals surface area contributed by atoms with Crippen LogP contribution < -0.4 is 0 Å². The van der Waals surface area contributed by atoms with Crippen molar-refractivity contribution in [1.29, 1.82) is 0 Å². The average Bonchev–Trinajstić information content (AvgIpc) is 2.96. The normalized spacial score (nSPS) is 24.0. The van der Waals surface area contributed by atoms with E-state index < -0.39 is 34.0 Å². The average molecular weight is 578 g/mol. The van der Waals surface area contributed by atoms with Crippen molar-refractivity contribution in [1.82, 2.24) is 14.1 Å². The molecule has 212 valence electrons. The summed E-state index contributed by atoms with van der Waals surface area (Å²) in [6, 6.07) is 11.5. The van der Waals surface area contributed by atoms with Crippen LogP contribution in [0.2, 0.25) is 5.02 Å². The van der Waals surface area contributed by atoms with Crippen LogP contribution in [-0.4, -0.2) is 73.5 Å². The Kier molecular flexibility index (Phi) is 9.11. The lowest BCUT2D eigenvalue weighted by Crippen LogP contribution is -2.50. The van der Waals surface area contributed by atoms with Crippen molar-refractivity contribution in [3.05, 3.63) is 64.9 Å². The third-order valence-electron chi connectivity index (χ3n) is 8.33.